The molecule has 1 heterocycles. The predicted octanol–water partition coefficient (Wildman–Crippen LogP) is 1.36. The third kappa shape index (κ3) is 4.95. The van der Waals surface area contributed by atoms with Crippen molar-refractivity contribution in [2.24, 2.45) is 0 Å². The number of benzene rings is 2. The zero-order chi connectivity index (χ0) is 21.7. The molecule has 0 unspecified atom stereocenters. The number of nitro benzene ring substituents is 1. The highest BCUT2D eigenvalue weighted by Crippen LogP contribution is 2.21. The smallest absolute Gasteiger partial charge is 0.273 e. The van der Waals surface area contributed by atoms with Crippen LogP contribution in [0.15, 0.2) is 42.5 Å². The van der Waals surface area contributed by atoms with Gasteiger partial charge in [0.2, 0.25) is 0 Å². The molecule has 1 amide bonds. The van der Waals surface area contributed by atoms with Crippen LogP contribution in [0.1, 0.15) is 27.5 Å². The van der Waals surface area contributed by atoms with Crippen LogP contribution < -0.4 is 15.1 Å². The minimum Gasteiger partial charge on any atom is -0.378 e. The van der Waals surface area contributed by atoms with Crippen molar-refractivity contribution in [1.82, 2.24) is 5.32 Å². The number of hydrogen-bond acceptors (Lipinski definition) is 5. The summed E-state index contributed by atoms with van der Waals surface area (Å²) in [6.45, 7) is 5.17. The van der Waals surface area contributed by atoms with Crippen molar-refractivity contribution in [3.05, 3.63) is 69.3 Å². The fourth-order valence-electron chi connectivity index (χ4n) is 3.84. The Hall–Kier alpha value is -2.97. The lowest BCUT2D eigenvalue weighted by atomic mass is 10.0. The molecular formula is C22H29N4O4+. The molecule has 2 aromatic rings. The minimum atomic E-state index is -0.459. The van der Waals surface area contributed by atoms with Crippen LogP contribution in [0.5, 0.6) is 0 Å². The normalized spacial score (nSPS) is 15.4. The van der Waals surface area contributed by atoms with E-state index in [4.69, 9.17) is 4.74 Å². The maximum Gasteiger partial charge on any atom is 0.273 e. The van der Waals surface area contributed by atoms with E-state index in [1.165, 1.54) is 11.0 Å². The van der Waals surface area contributed by atoms with E-state index in [1.54, 1.807) is 19.1 Å². The van der Waals surface area contributed by atoms with Crippen LogP contribution in [0.2, 0.25) is 0 Å². The summed E-state index contributed by atoms with van der Waals surface area (Å²) in [5.74, 6) is -0.293. The summed E-state index contributed by atoms with van der Waals surface area (Å²) in [4.78, 5) is 27.0. The van der Waals surface area contributed by atoms with Gasteiger partial charge in [0.05, 0.1) is 24.7 Å². The van der Waals surface area contributed by atoms with Gasteiger partial charge in [-0.25, -0.2) is 0 Å². The van der Waals surface area contributed by atoms with Crippen LogP contribution in [0.4, 0.5) is 11.4 Å². The summed E-state index contributed by atoms with van der Waals surface area (Å²) < 4.78 is 5.50. The lowest BCUT2D eigenvalue weighted by molar-refractivity contribution is -0.937. The Morgan fingerprint density at radius 1 is 1.20 bits per heavy atom. The molecule has 3 rings (SSSR count). The summed E-state index contributed by atoms with van der Waals surface area (Å²) in [5.41, 5.74) is 2.94. The Labute approximate surface area is 176 Å². The van der Waals surface area contributed by atoms with E-state index >= 15 is 0 Å². The fourth-order valence-corrected chi connectivity index (χ4v) is 3.84. The Morgan fingerprint density at radius 3 is 2.47 bits per heavy atom. The standard InChI is InChI=1S/C22H28N4O4/c1-16-19(5-4-6-20(16)26(28)29)22(27)23-15-21(25-11-13-30-14-12-25)17-7-9-18(10-8-17)24(2)3/h4-10,21H,11-15H2,1-3H3,(H,23,27)/p+1/t21-/m0/s1. The number of nitro groups is 1. The molecule has 0 spiro atoms. The monoisotopic (exact) mass is 413 g/mol. The van der Waals surface area contributed by atoms with Crippen LogP contribution in [0.25, 0.3) is 0 Å². The molecule has 0 radical (unpaired) electrons. The molecule has 0 aliphatic carbocycles. The molecule has 0 saturated carbocycles. The van der Waals surface area contributed by atoms with Gasteiger partial charge < -0.3 is 19.9 Å². The van der Waals surface area contributed by atoms with E-state index in [1.807, 2.05) is 19.0 Å². The zero-order valence-electron chi connectivity index (χ0n) is 17.7. The predicted molar refractivity (Wildman–Crippen MR) is 115 cm³/mol. The molecule has 0 aromatic heterocycles. The maximum absolute atomic E-state index is 12.8. The van der Waals surface area contributed by atoms with Crippen molar-refractivity contribution >= 4 is 17.3 Å². The van der Waals surface area contributed by atoms with E-state index in [2.05, 4.69) is 29.6 Å². The molecule has 1 atom stereocenters. The number of rotatable bonds is 7. The van der Waals surface area contributed by atoms with E-state index < -0.39 is 4.92 Å². The molecule has 160 valence electrons. The molecule has 2 aromatic carbocycles. The quantitative estimate of drug-likeness (QED) is 0.529. The van der Waals surface area contributed by atoms with E-state index in [9.17, 15) is 14.9 Å². The van der Waals surface area contributed by atoms with Gasteiger partial charge in [0, 0.05) is 42.5 Å². The van der Waals surface area contributed by atoms with Gasteiger partial charge in [-0.15, -0.1) is 0 Å². The van der Waals surface area contributed by atoms with Gasteiger partial charge >= 0.3 is 0 Å². The number of quaternary nitrogens is 1. The largest absolute Gasteiger partial charge is 0.378 e. The van der Waals surface area contributed by atoms with Gasteiger partial charge in [-0.2, -0.15) is 0 Å². The van der Waals surface area contributed by atoms with Crippen LogP contribution in [0, 0.1) is 17.0 Å². The topological polar surface area (TPSA) is 89.2 Å². The Balaban J connectivity index is 1.79. The number of anilines is 1. The lowest BCUT2D eigenvalue weighted by Crippen LogP contribution is -3.15. The average Bonchev–Trinajstić information content (AvgIpc) is 2.74. The van der Waals surface area contributed by atoms with Gasteiger partial charge in [-0.05, 0) is 25.1 Å². The minimum absolute atomic E-state index is 0.0442. The molecule has 8 heteroatoms. The third-order valence-corrected chi connectivity index (χ3v) is 5.65. The van der Waals surface area contributed by atoms with Crippen molar-refractivity contribution in [2.75, 3.05) is 51.8 Å². The van der Waals surface area contributed by atoms with Crippen molar-refractivity contribution in [3.63, 3.8) is 0 Å². The maximum atomic E-state index is 12.8. The van der Waals surface area contributed by atoms with Crippen molar-refractivity contribution in [2.45, 2.75) is 13.0 Å². The highest BCUT2D eigenvalue weighted by atomic mass is 16.6. The number of carbonyl (C=O) groups excluding carboxylic acids is 1. The highest BCUT2D eigenvalue weighted by molar-refractivity contribution is 5.96. The SMILES string of the molecule is Cc1c(C(=O)NC[C@@H](c2ccc(N(C)C)cc2)[NH+]2CCOCC2)cccc1[N+](=O)[O-]. The van der Waals surface area contributed by atoms with Gasteiger partial charge in [0.1, 0.15) is 19.1 Å². The van der Waals surface area contributed by atoms with Crippen LogP contribution in [-0.2, 0) is 4.74 Å². The summed E-state index contributed by atoms with van der Waals surface area (Å²) in [5, 5.41) is 14.2. The second-order valence-corrected chi connectivity index (χ2v) is 7.73. The summed E-state index contributed by atoms with van der Waals surface area (Å²) >= 11 is 0. The molecule has 8 nitrogen and oxygen atoms in total. The number of nitrogens with one attached hydrogen (secondary N) is 2. The summed E-state index contributed by atoms with van der Waals surface area (Å²) in [6, 6.07) is 13.0. The first-order chi connectivity index (χ1) is 14.4. The summed E-state index contributed by atoms with van der Waals surface area (Å²) in [7, 11) is 4.00. The number of morpholine rings is 1. The van der Waals surface area contributed by atoms with Crippen molar-refractivity contribution in [1.29, 1.82) is 0 Å². The second-order valence-electron chi connectivity index (χ2n) is 7.73. The Morgan fingerprint density at radius 2 is 1.87 bits per heavy atom. The molecule has 1 aliphatic rings. The van der Waals surface area contributed by atoms with Crippen LogP contribution in [-0.4, -0.2) is 57.8 Å². The molecular weight excluding hydrogens is 384 g/mol. The van der Waals surface area contributed by atoms with Crippen molar-refractivity contribution in [3.8, 4) is 0 Å². The van der Waals surface area contributed by atoms with E-state index in [-0.39, 0.29) is 17.6 Å². The van der Waals surface area contributed by atoms with E-state index in [0.29, 0.717) is 30.9 Å². The average molecular weight is 413 g/mol. The van der Waals surface area contributed by atoms with Crippen LogP contribution in [0.3, 0.4) is 0 Å². The van der Waals surface area contributed by atoms with Gasteiger partial charge in [0.25, 0.3) is 11.6 Å². The molecule has 1 fully saturated rings. The first kappa shape index (κ1) is 21.7. The number of carbonyl (C=O) groups is 1. The number of hydrogen-bond donors (Lipinski definition) is 2. The Bertz CT molecular complexity index is 893. The van der Waals surface area contributed by atoms with Crippen molar-refractivity contribution < 1.29 is 19.4 Å². The van der Waals surface area contributed by atoms with Gasteiger partial charge in [-0.1, -0.05) is 18.2 Å². The zero-order valence-corrected chi connectivity index (χ0v) is 17.7. The highest BCUT2D eigenvalue weighted by Gasteiger charge is 2.27. The number of ether oxygens (including phenoxy) is 1. The summed E-state index contributed by atoms with van der Waals surface area (Å²) in [6.07, 6.45) is 0. The van der Waals surface area contributed by atoms with Gasteiger partial charge in [0.15, 0.2) is 0 Å². The van der Waals surface area contributed by atoms with Crippen LogP contribution >= 0.6 is 0 Å². The molecule has 2 N–H and O–H groups in total. The molecule has 1 aliphatic heterocycles. The molecule has 30 heavy (non-hydrogen) atoms. The first-order valence-corrected chi connectivity index (χ1v) is 10.1. The fraction of sp³-hybridized carbons (Fsp3) is 0.409. The molecule has 0 bridgehead atoms. The third-order valence-electron chi connectivity index (χ3n) is 5.65. The second kappa shape index (κ2) is 9.69. The van der Waals surface area contributed by atoms with E-state index in [0.717, 1.165) is 24.3 Å². The Kier molecular flexibility index (Phi) is 7.02. The first-order valence-electron chi connectivity index (χ1n) is 10.1. The molecule has 1 saturated heterocycles. The number of nitrogens with zero attached hydrogens (tertiary/aromatic N) is 2. The lowest BCUT2D eigenvalue weighted by Gasteiger charge is -2.32. The number of amides is 1. The van der Waals surface area contributed by atoms with Gasteiger partial charge in [-0.3, -0.25) is 14.9 Å².